The monoisotopic (exact) mass is 346 g/mol. The van der Waals surface area contributed by atoms with Crippen molar-refractivity contribution in [1.82, 2.24) is 0 Å². The number of allylic oxidation sites excluding steroid dienone is 3. The van der Waals surface area contributed by atoms with Crippen LogP contribution in [0.25, 0.3) is 0 Å². The highest BCUT2D eigenvalue weighted by atomic mass is 32.2. The number of hydrogen-bond acceptors (Lipinski definition) is 3. The van der Waals surface area contributed by atoms with Crippen molar-refractivity contribution in [2.45, 2.75) is 63.9 Å². The van der Waals surface area contributed by atoms with Gasteiger partial charge in [-0.2, -0.15) is 8.42 Å². The molecule has 0 fully saturated rings. The summed E-state index contributed by atoms with van der Waals surface area (Å²) < 4.78 is 38.8. The fourth-order valence-corrected chi connectivity index (χ4v) is 6.87. The first kappa shape index (κ1) is 19.6. The van der Waals surface area contributed by atoms with Crippen LogP contribution in [0.2, 0.25) is 18.1 Å². The van der Waals surface area contributed by atoms with Crippen molar-refractivity contribution in [3.63, 3.8) is 0 Å². The van der Waals surface area contributed by atoms with E-state index in [1.54, 1.807) is 12.2 Å². The van der Waals surface area contributed by atoms with E-state index in [1.165, 1.54) is 0 Å². The van der Waals surface area contributed by atoms with E-state index in [2.05, 4.69) is 20.8 Å². The Hall–Kier alpha value is -0.433. The van der Waals surface area contributed by atoms with Crippen LogP contribution in [-0.4, -0.2) is 32.6 Å². The highest BCUT2D eigenvalue weighted by Gasteiger charge is 2.46. The maximum Gasteiger partial charge on any atom is 0.274 e. The summed E-state index contributed by atoms with van der Waals surface area (Å²) in [7, 11) is -5.96. The minimum absolute atomic E-state index is 0.292. The van der Waals surface area contributed by atoms with E-state index in [-0.39, 0.29) is 5.92 Å². The first-order valence-corrected chi connectivity index (χ1v) is 12.1. The fraction of sp³-hybridized carbons (Fsp3) is 0.750. The highest BCUT2D eigenvalue weighted by Crippen LogP contribution is 2.37. The molecule has 4 nitrogen and oxygen atoms in total. The highest BCUT2D eigenvalue weighted by molar-refractivity contribution is 7.87. The molecular formula is C16H30O4SSi. The Morgan fingerprint density at radius 1 is 1.32 bits per heavy atom. The Labute approximate surface area is 136 Å². The van der Waals surface area contributed by atoms with Gasteiger partial charge < -0.3 is 4.43 Å². The standard InChI is InChI=1S/C16H30O4SSi/c1-6-22(7-2,8-3)20-13-15(5)16(21(17,18)19)11-9-14(4)10-12-16/h9-11,15H,6-8,12-13H2,1-5H3,(H,17,18,19)/t15?,16-/m0/s1. The van der Waals surface area contributed by atoms with E-state index in [9.17, 15) is 13.0 Å². The third kappa shape index (κ3) is 3.90. The molecule has 1 rings (SSSR count). The zero-order valence-corrected chi connectivity index (χ0v) is 16.2. The maximum absolute atomic E-state index is 12.0. The number of hydrogen-bond donors (Lipinski definition) is 1. The van der Waals surface area contributed by atoms with Crippen LogP contribution >= 0.6 is 0 Å². The minimum atomic E-state index is -4.19. The summed E-state index contributed by atoms with van der Waals surface area (Å²) in [4.78, 5) is 0. The Morgan fingerprint density at radius 2 is 1.86 bits per heavy atom. The Kier molecular flexibility index (Phi) is 6.62. The second-order valence-electron chi connectivity index (χ2n) is 6.37. The molecule has 0 aliphatic heterocycles. The fourth-order valence-electron chi connectivity index (χ4n) is 3.04. The molecule has 0 saturated carbocycles. The van der Waals surface area contributed by atoms with Crippen molar-refractivity contribution in [3.8, 4) is 0 Å². The van der Waals surface area contributed by atoms with Crippen molar-refractivity contribution in [2.24, 2.45) is 5.92 Å². The summed E-state index contributed by atoms with van der Waals surface area (Å²) >= 11 is 0. The average Bonchev–Trinajstić information content (AvgIpc) is 2.48. The van der Waals surface area contributed by atoms with E-state index in [0.717, 1.165) is 23.7 Å². The molecule has 2 atom stereocenters. The van der Waals surface area contributed by atoms with Gasteiger partial charge in [0.1, 0.15) is 4.75 Å². The lowest BCUT2D eigenvalue weighted by Gasteiger charge is -2.37. The molecule has 1 aliphatic carbocycles. The molecule has 128 valence electrons. The minimum Gasteiger partial charge on any atom is -0.416 e. The third-order valence-corrected chi connectivity index (χ3v) is 11.6. The molecule has 0 radical (unpaired) electrons. The van der Waals surface area contributed by atoms with Crippen molar-refractivity contribution >= 4 is 18.4 Å². The zero-order chi connectivity index (χ0) is 17.0. The van der Waals surface area contributed by atoms with Crippen LogP contribution in [0.15, 0.2) is 23.8 Å². The molecule has 22 heavy (non-hydrogen) atoms. The summed E-state index contributed by atoms with van der Waals surface area (Å²) in [6.45, 7) is 10.6. The van der Waals surface area contributed by atoms with E-state index in [0.29, 0.717) is 13.0 Å². The first-order chi connectivity index (χ1) is 10.2. The summed E-state index contributed by atoms with van der Waals surface area (Å²) in [5.74, 6) is -0.292. The molecular weight excluding hydrogens is 316 g/mol. The van der Waals surface area contributed by atoms with E-state index in [4.69, 9.17) is 4.43 Å². The van der Waals surface area contributed by atoms with Gasteiger partial charge in [0.2, 0.25) is 0 Å². The summed E-state index contributed by atoms with van der Waals surface area (Å²) in [5.41, 5.74) is 1.02. The van der Waals surface area contributed by atoms with Gasteiger partial charge in [-0.3, -0.25) is 4.55 Å². The number of rotatable bonds is 8. The van der Waals surface area contributed by atoms with Crippen LogP contribution < -0.4 is 0 Å². The molecule has 6 heteroatoms. The molecule has 0 aromatic rings. The molecule has 0 spiro atoms. The largest absolute Gasteiger partial charge is 0.416 e. The Bertz CT molecular complexity index is 526. The molecule has 0 aromatic carbocycles. The summed E-state index contributed by atoms with van der Waals surface area (Å²) in [6, 6.07) is 3.08. The van der Waals surface area contributed by atoms with Gasteiger partial charge in [-0.05, 0) is 31.5 Å². The maximum atomic E-state index is 12.0. The molecule has 0 heterocycles. The third-order valence-electron chi connectivity index (χ3n) is 5.26. The summed E-state index contributed by atoms with van der Waals surface area (Å²) in [6.07, 6.45) is 5.59. The van der Waals surface area contributed by atoms with Gasteiger partial charge in [0, 0.05) is 12.5 Å². The SMILES string of the molecule is CC[Si](CC)(CC)OCC(C)[C@]1(S(=O)(=O)O)C=CC(C)=CC1. The molecule has 1 aliphatic rings. The van der Waals surface area contributed by atoms with Crippen LogP contribution in [0.4, 0.5) is 0 Å². The average molecular weight is 347 g/mol. The lowest BCUT2D eigenvalue weighted by atomic mass is 9.86. The van der Waals surface area contributed by atoms with Crippen molar-refractivity contribution in [1.29, 1.82) is 0 Å². The predicted molar refractivity (Wildman–Crippen MR) is 94.1 cm³/mol. The first-order valence-electron chi connectivity index (χ1n) is 8.13. The van der Waals surface area contributed by atoms with Crippen LogP contribution in [-0.2, 0) is 14.5 Å². The Morgan fingerprint density at radius 3 is 2.23 bits per heavy atom. The van der Waals surface area contributed by atoms with Crippen molar-refractivity contribution in [2.75, 3.05) is 6.61 Å². The van der Waals surface area contributed by atoms with Crippen LogP contribution in [0, 0.1) is 5.92 Å². The Balaban J connectivity index is 2.97. The predicted octanol–water partition coefficient (Wildman–Crippen LogP) is 4.18. The van der Waals surface area contributed by atoms with Gasteiger partial charge >= 0.3 is 0 Å². The molecule has 0 saturated heterocycles. The molecule has 0 amide bonds. The van der Waals surface area contributed by atoms with Gasteiger partial charge in [-0.25, -0.2) is 0 Å². The van der Waals surface area contributed by atoms with E-state index < -0.39 is 23.2 Å². The van der Waals surface area contributed by atoms with Crippen molar-refractivity contribution < 1.29 is 17.4 Å². The molecule has 1 unspecified atom stereocenters. The smallest absolute Gasteiger partial charge is 0.274 e. The van der Waals surface area contributed by atoms with E-state index in [1.807, 2.05) is 19.9 Å². The topological polar surface area (TPSA) is 63.6 Å². The van der Waals surface area contributed by atoms with Crippen LogP contribution in [0.3, 0.4) is 0 Å². The van der Waals surface area contributed by atoms with Crippen LogP contribution in [0.1, 0.15) is 41.0 Å². The van der Waals surface area contributed by atoms with Crippen LogP contribution in [0.5, 0.6) is 0 Å². The van der Waals surface area contributed by atoms with Gasteiger partial charge in [0.25, 0.3) is 10.1 Å². The lowest BCUT2D eigenvalue weighted by Crippen LogP contribution is -2.47. The van der Waals surface area contributed by atoms with Gasteiger partial charge in [0.15, 0.2) is 8.32 Å². The molecule has 1 N–H and O–H groups in total. The van der Waals surface area contributed by atoms with Gasteiger partial charge in [0.05, 0.1) is 0 Å². The second kappa shape index (κ2) is 7.42. The molecule has 0 aromatic heterocycles. The molecule has 0 bridgehead atoms. The second-order valence-corrected chi connectivity index (χ2v) is 12.9. The van der Waals surface area contributed by atoms with E-state index >= 15 is 0 Å². The van der Waals surface area contributed by atoms with Gasteiger partial charge in [-0.1, -0.05) is 51.5 Å². The lowest BCUT2D eigenvalue weighted by molar-refractivity contribution is 0.217. The summed E-state index contributed by atoms with van der Waals surface area (Å²) in [5, 5.41) is 0. The normalized spacial score (nSPS) is 24.2. The quantitative estimate of drug-likeness (QED) is 0.529. The van der Waals surface area contributed by atoms with Crippen molar-refractivity contribution in [3.05, 3.63) is 23.8 Å². The zero-order valence-electron chi connectivity index (χ0n) is 14.4. The van der Waals surface area contributed by atoms with Gasteiger partial charge in [-0.15, -0.1) is 0 Å².